The first kappa shape index (κ1) is 27.9. The number of hydrogen-bond donors (Lipinski definition) is 2. The minimum Gasteiger partial charge on any atom is -0.481 e. The van der Waals surface area contributed by atoms with Gasteiger partial charge in [-0.1, -0.05) is 84.0 Å². The summed E-state index contributed by atoms with van der Waals surface area (Å²) in [5.41, 5.74) is 0. The normalized spacial score (nSPS) is 13.8. The third-order valence-corrected chi connectivity index (χ3v) is 4.94. The van der Waals surface area contributed by atoms with Crippen molar-refractivity contribution in [2.75, 3.05) is 27.7 Å². The molecule has 0 heterocycles. The fourth-order valence-electron chi connectivity index (χ4n) is 3.65. The monoisotopic (exact) mass is 416 g/mol. The number of hydrogen-bond acceptors (Lipinski definition) is 4. The van der Waals surface area contributed by atoms with E-state index in [2.05, 4.69) is 6.92 Å². The first-order valence-corrected chi connectivity index (χ1v) is 11.5. The molecule has 29 heavy (non-hydrogen) atoms. The van der Waals surface area contributed by atoms with E-state index in [0.29, 0.717) is 10.9 Å². The number of carbonyl (C=O) groups excluding carboxylic acids is 1. The van der Waals surface area contributed by atoms with Crippen LogP contribution in [0.1, 0.15) is 103 Å². The Labute approximate surface area is 178 Å². The van der Waals surface area contributed by atoms with Gasteiger partial charge in [-0.3, -0.25) is 9.59 Å². The Kier molecular flexibility index (Phi) is 15.1. The van der Waals surface area contributed by atoms with E-state index in [0.717, 1.165) is 12.8 Å². The Balaban J connectivity index is 3.80. The number of unbranched alkanes of at least 4 members (excludes halogenated alkanes) is 12. The number of likely N-dealkylation sites (N-methyl/N-ethyl adjacent to an activating group) is 1. The molecule has 0 aromatic heterocycles. The Bertz CT molecular complexity index is 447. The summed E-state index contributed by atoms with van der Waals surface area (Å²) in [6.45, 7) is 2.28. The molecule has 0 aromatic rings. The van der Waals surface area contributed by atoms with Gasteiger partial charge in [0, 0.05) is 6.42 Å². The molecule has 6 heteroatoms. The predicted octanol–water partition coefficient (Wildman–Crippen LogP) is 4.88. The van der Waals surface area contributed by atoms with Gasteiger partial charge in [0.15, 0.2) is 0 Å². The van der Waals surface area contributed by atoms with Gasteiger partial charge in [0.2, 0.25) is 0 Å². The number of carboxylic acid groups (broad SMARTS) is 1. The van der Waals surface area contributed by atoms with Crippen LogP contribution in [0.3, 0.4) is 0 Å². The number of nitrogens with zero attached hydrogens (tertiary/aromatic N) is 1. The van der Waals surface area contributed by atoms with Crippen molar-refractivity contribution in [3.63, 3.8) is 0 Å². The number of carboxylic acids is 1. The van der Waals surface area contributed by atoms with Crippen LogP contribution in [0.15, 0.2) is 0 Å². The lowest BCUT2D eigenvalue weighted by Gasteiger charge is -2.34. The standard InChI is InChI=1S/C23H45NO5/c1-5-6-7-8-9-10-11-12-13-14-15-16-17-18-22(27)29-23(28,19-21(25)26)20-24(2,3)4/h28H,5-20H2,1-4H3/p+1. The van der Waals surface area contributed by atoms with E-state index < -0.39 is 24.1 Å². The number of carbonyl (C=O) groups is 2. The van der Waals surface area contributed by atoms with E-state index in [-0.39, 0.29) is 13.0 Å². The van der Waals surface area contributed by atoms with Crippen molar-refractivity contribution in [1.29, 1.82) is 0 Å². The zero-order valence-corrected chi connectivity index (χ0v) is 19.4. The number of aliphatic hydroxyl groups is 1. The van der Waals surface area contributed by atoms with Crippen LogP contribution in [0.5, 0.6) is 0 Å². The maximum Gasteiger partial charge on any atom is 0.310 e. The average molecular weight is 417 g/mol. The molecule has 0 spiro atoms. The Morgan fingerprint density at radius 2 is 1.21 bits per heavy atom. The minimum atomic E-state index is -1.96. The van der Waals surface area contributed by atoms with Gasteiger partial charge >= 0.3 is 11.9 Å². The predicted molar refractivity (Wildman–Crippen MR) is 117 cm³/mol. The highest BCUT2D eigenvalue weighted by Crippen LogP contribution is 2.19. The molecule has 0 saturated heterocycles. The van der Waals surface area contributed by atoms with Crippen LogP contribution < -0.4 is 0 Å². The van der Waals surface area contributed by atoms with Crippen LogP contribution in [0.4, 0.5) is 0 Å². The molecule has 6 nitrogen and oxygen atoms in total. The van der Waals surface area contributed by atoms with Crippen molar-refractivity contribution in [1.82, 2.24) is 0 Å². The second-order valence-corrected chi connectivity index (χ2v) is 9.43. The third kappa shape index (κ3) is 18.6. The highest BCUT2D eigenvalue weighted by atomic mass is 16.7. The molecule has 1 atom stereocenters. The molecule has 0 rings (SSSR count). The van der Waals surface area contributed by atoms with Crippen molar-refractivity contribution >= 4 is 11.9 Å². The molecule has 0 aliphatic heterocycles. The lowest BCUT2D eigenvalue weighted by molar-refractivity contribution is -0.880. The lowest BCUT2D eigenvalue weighted by atomic mass is 10.0. The molecule has 0 radical (unpaired) electrons. The van der Waals surface area contributed by atoms with Crippen molar-refractivity contribution in [3.8, 4) is 0 Å². The molecule has 172 valence electrons. The van der Waals surface area contributed by atoms with Crippen LogP contribution in [0.2, 0.25) is 0 Å². The van der Waals surface area contributed by atoms with Gasteiger partial charge in [0.05, 0.1) is 21.1 Å². The van der Waals surface area contributed by atoms with Crippen molar-refractivity contribution in [3.05, 3.63) is 0 Å². The molecule has 0 aliphatic rings. The SMILES string of the molecule is CCCCCCCCCCCCCCCC(=O)OC(O)(CC(=O)O)C[N+](C)(C)C. The molecule has 0 aromatic carbocycles. The van der Waals surface area contributed by atoms with Crippen molar-refractivity contribution in [2.24, 2.45) is 0 Å². The Morgan fingerprint density at radius 3 is 1.59 bits per heavy atom. The summed E-state index contributed by atoms with van der Waals surface area (Å²) in [5, 5.41) is 19.5. The van der Waals surface area contributed by atoms with Crippen LogP contribution in [0.25, 0.3) is 0 Å². The number of rotatable bonds is 19. The largest absolute Gasteiger partial charge is 0.481 e. The lowest BCUT2D eigenvalue weighted by Crippen LogP contribution is -2.52. The molecular weight excluding hydrogens is 370 g/mol. The fourth-order valence-corrected chi connectivity index (χ4v) is 3.65. The van der Waals surface area contributed by atoms with Crippen molar-refractivity contribution < 1.29 is 29.0 Å². The Hall–Kier alpha value is -1.14. The van der Waals surface area contributed by atoms with Gasteiger partial charge < -0.3 is 19.4 Å². The molecule has 2 N–H and O–H groups in total. The third-order valence-electron chi connectivity index (χ3n) is 4.94. The van der Waals surface area contributed by atoms with Crippen LogP contribution in [0, 0.1) is 0 Å². The maximum atomic E-state index is 12.0. The molecule has 0 saturated carbocycles. The topological polar surface area (TPSA) is 83.8 Å². The quantitative estimate of drug-likeness (QED) is 0.136. The smallest absolute Gasteiger partial charge is 0.310 e. The summed E-state index contributed by atoms with van der Waals surface area (Å²) < 4.78 is 5.45. The first-order chi connectivity index (χ1) is 13.6. The molecule has 1 unspecified atom stereocenters. The van der Waals surface area contributed by atoms with Gasteiger partial charge in [-0.2, -0.15) is 0 Å². The van der Waals surface area contributed by atoms with Crippen LogP contribution >= 0.6 is 0 Å². The second kappa shape index (κ2) is 15.7. The molecular formula is C23H46NO5+. The number of esters is 1. The van der Waals surface area contributed by atoms with E-state index >= 15 is 0 Å². The van der Waals surface area contributed by atoms with Gasteiger partial charge in [0.25, 0.3) is 5.79 Å². The first-order valence-electron chi connectivity index (χ1n) is 11.5. The number of aliphatic carboxylic acids is 1. The van der Waals surface area contributed by atoms with E-state index in [9.17, 15) is 14.7 Å². The number of ether oxygens (including phenoxy) is 1. The van der Waals surface area contributed by atoms with E-state index in [1.807, 2.05) is 21.1 Å². The number of quaternary nitrogens is 1. The van der Waals surface area contributed by atoms with E-state index in [1.54, 1.807) is 0 Å². The van der Waals surface area contributed by atoms with E-state index in [1.165, 1.54) is 64.2 Å². The van der Waals surface area contributed by atoms with E-state index in [4.69, 9.17) is 9.84 Å². The van der Waals surface area contributed by atoms with Crippen molar-refractivity contribution in [2.45, 2.75) is 109 Å². The van der Waals surface area contributed by atoms with Gasteiger partial charge in [0.1, 0.15) is 13.0 Å². The highest BCUT2D eigenvalue weighted by Gasteiger charge is 2.40. The van der Waals surface area contributed by atoms with Gasteiger partial charge in [-0.05, 0) is 6.42 Å². The van der Waals surface area contributed by atoms with Crippen LogP contribution in [-0.4, -0.2) is 60.1 Å². The summed E-state index contributed by atoms with van der Waals surface area (Å²) in [7, 11) is 5.44. The summed E-state index contributed by atoms with van der Waals surface area (Å²) >= 11 is 0. The molecule has 0 amide bonds. The summed E-state index contributed by atoms with van der Waals surface area (Å²) in [4.78, 5) is 23.1. The summed E-state index contributed by atoms with van der Waals surface area (Å²) in [5.74, 6) is -3.67. The fraction of sp³-hybridized carbons (Fsp3) is 0.913. The molecule has 0 aliphatic carbocycles. The van der Waals surface area contributed by atoms with Crippen LogP contribution in [-0.2, 0) is 14.3 Å². The minimum absolute atomic E-state index is 0.0314. The maximum absolute atomic E-state index is 12.0. The summed E-state index contributed by atoms with van der Waals surface area (Å²) in [6, 6.07) is 0. The zero-order chi connectivity index (χ0) is 22.2. The molecule has 0 fully saturated rings. The molecule has 0 bridgehead atoms. The zero-order valence-electron chi connectivity index (χ0n) is 19.4. The van der Waals surface area contributed by atoms with Gasteiger partial charge in [-0.25, -0.2) is 0 Å². The summed E-state index contributed by atoms with van der Waals surface area (Å²) in [6.07, 6.45) is 15.6. The second-order valence-electron chi connectivity index (χ2n) is 9.43. The highest BCUT2D eigenvalue weighted by molar-refractivity contribution is 5.72. The van der Waals surface area contributed by atoms with Gasteiger partial charge in [-0.15, -0.1) is 0 Å². The average Bonchev–Trinajstić information content (AvgIpc) is 2.56. The Morgan fingerprint density at radius 1 is 0.793 bits per heavy atom.